The molecule has 2 heterocycles. The van der Waals surface area contributed by atoms with Gasteiger partial charge in [-0.25, -0.2) is 9.59 Å². The van der Waals surface area contributed by atoms with Gasteiger partial charge < -0.3 is 18.9 Å². The number of benzene rings is 1. The molecular formula is C31H47N5O5. The molecule has 0 spiro atoms. The zero-order valence-corrected chi connectivity index (χ0v) is 25.8. The van der Waals surface area contributed by atoms with Crippen LogP contribution in [0, 0.1) is 0 Å². The smallest absolute Gasteiger partial charge is 0.437 e. The average molecular weight is 570 g/mol. The third-order valence-corrected chi connectivity index (χ3v) is 6.49. The quantitative estimate of drug-likeness (QED) is 0.186. The number of likely N-dealkylation sites (tertiary alicyclic amines) is 1. The van der Waals surface area contributed by atoms with Gasteiger partial charge in [-0.15, -0.1) is 4.99 Å². The van der Waals surface area contributed by atoms with Crippen molar-refractivity contribution in [2.75, 3.05) is 6.54 Å². The molecule has 1 aromatic carbocycles. The SMILES string of the molecule is CCCCCCCCc1ccc(-c2noc([C@H]3CCCN3C(=NC(=O)OC(C)(C)C)NC(=O)OC(C)(C)C)n2)cc1. The Morgan fingerprint density at radius 3 is 2.32 bits per heavy atom. The molecule has 1 fully saturated rings. The van der Waals surface area contributed by atoms with E-state index in [1.807, 2.05) is 12.1 Å². The van der Waals surface area contributed by atoms with Crippen LogP contribution >= 0.6 is 0 Å². The first-order valence-corrected chi connectivity index (χ1v) is 14.9. The lowest BCUT2D eigenvalue weighted by Crippen LogP contribution is -2.46. The number of aliphatic imine (C=N–C) groups is 1. The van der Waals surface area contributed by atoms with Crippen LogP contribution in [-0.4, -0.2) is 50.9 Å². The van der Waals surface area contributed by atoms with Crippen molar-refractivity contribution in [2.24, 2.45) is 4.99 Å². The van der Waals surface area contributed by atoms with Gasteiger partial charge in [0.1, 0.15) is 17.2 Å². The van der Waals surface area contributed by atoms with E-state index in [4.69, 9.17) is 14.0 Å². The molecule has 3 rings (SSSR count). The van der Waals surface area contributed by atoms with Crippen molar-refractivity contribution in [3.8, 4) is 11.4 Å². The van der Waals surface area contributed by atoms with Gasteiger partial charge >= 0.3 is 12.2 Å². The number of carbonyl (C=O) groups is 2. The van der Waals surface area contributed by atoms with Crippen molar-refractivity contribution >= 4 is 18.1 Å². The fourth-order valence-corrected chi connectivity index (χ4v) is 4.62. The number of ether oxygens (including phenoxy) is 2. The van der Waals surface area contributed by atoms with Crippen molar-refractivity contribution in [3.63, 3.8) is 0 Å². The zero-order valence-electron chi connectivity index (χ0n) is 25.8. The zero-order chi connectivity index (χ0) is 30.0. The third-order valence-electron chi connectivity index (χ3n) is 6.49. The molecule has 1 aromatic heterocycles. The minimum absolute atomic E-state index is 0.0230. The maximum atomic E-state index is 12.6. The highest BCUT2D eigenvalue weighted by Gasteiger charge is 2.35. The average Bonchev–Trinajstić information content (AvgIpc) is 3.54. The molecule has 2 amide bonds. The van der Waals surface area contributed by atoms with Crippen LogP contribution in [0.2, 0.25) is 0 Å². The number of alkyl carbamates (subject to hydrolysis) is 1. The molecule has 0 unspecified atom stereocenters. The predicted octanol–water partition coefficient (Wildman–Crippen LogP) is 7.59. The van der Waals surface area contributed by atoms with Crippen LogP contribution < -0.4 is 5.32 Å². The number of amides is 2. The van der Waals surface area contributed by atoms with E-state index >= 15 is 0 Å². The molecule has 1 aliphatic rings. The van der Waals surface area contributed by atoms with Gasteiger partial charge in [0.15, 0.2) is 0 Å². The minimum atomic E-state index is -0.818. The Morgan fingerprint density at radius 1 is 1.00 bits per heavy atom. The first-order chi connectivity index (χ1) is 19.3. The van der Waals surface area contributed by atoms with Gasteiger partial charge in [-0.1, -0.05) is 68.4 Å². The summed E-state index contributed by atoms with van der Waals surface area (Å²) in [5.41, 5.74) is 0.696. The molecule has 1 aliphatic heterocycles. The lowest BCUT2D eigenvalue weighted by Gasteiger charge is -2.27. The Kier molecular flexibility index (Phi) is 11.3. The molecule has 1 atom stereocenters. The Hall–Kier alpha value is -3.43. The molecule has 41 heavy (non-hydrogen) atoms. The van der Waals surface area contributed by atoms with Crippen LogP contribution in [0.5, 0.6) is 0 Å². The van der Waals surface area contributed by atoms with E-state index < -0.39 is 23.4 Å². The molecule has 2 aromatic rings. The van der Waals surface area contributed by atoms with Crippen molar-refractivity contribution in [1.29, 1.82) is 0 Å². The number of rotatable bonds is 9. The van der Waals surface area contributed by atoms with E-state index in [1.165, 1.54) is 44.1 Å². The molecule has 10 nitrogen and oxygen atoms in total. The Labute approximate surface area is 244 Å². The number of guanidine groups is 1. The van der Waals surface area contributed by atoms with Crippen molar-refractivity contribution in [2.45, 2.75) is 123 Å². The van der Waals surface area contributed by atoms with Crippen LogP contribution in [0.15, 0.2) is 33.8 Å². The molecule has 0 saturated carbocycles. The lowest BCUT2D eigenvalue weighted by atomic mass is 10.0. The third kappa shape index (κ3) is 10.8. The molecule has 1 saturated heterocycles. The number of aryl methyl sites for hydroxylation is 1. The fourth-order valence-electron chi connectivity index (χ4n) is 4.62. The lowest BCUT2D eigenvalue weighted by molar-refractivity contribution is 0.0553. The molecule has 1 N–H and O–H groups in total. The Morgan fingerprint density at radius 2 is 1.66 bits per heavy atom. The number of carbonyl (C=O) groups excluding carboxylic acids is 2. The predicted molar refractivity (Wildman–Crippen MR) is 159 cm³/mol. The number of hydrogen-bond donors (Lipinski definition) is 1. The summed E-state index contributed by atoms with van der Waals surface area (Å²) in [5, 5.41) is 6.85. The number of unbranched alkanes of at least 4 members (excludes halogenated alkanes) is 5. The Bertz CT molecular complexity index is 1160. The first-order valence-electron chi connectivity index (χ1n) is 14.9. The molecule has 226 valence electrons. The second kappa shape index (κ2) is 14.5. The summed E-state index contributed by atoms with van der Waals surface area (Å²) in [4.78, 5) is 35.8. The van der Waals surface area contributed by atoms with Gasteiger partial charge in [0.2, 0.25) is 17.7 Å². The van der Waals surface area contributed by atoms with E-state index in [-0.39, 0.29) is 12.0 Å². The van der Waals surface area contributed by atoms with Gasteiger partial charge in [0.25, 0.3) is 0 Å². The normalized spacial score (nSPS) is 16.1. The summed E-state index contributed by atoms with van der Waals surface area (Å²) in [7, 11) is 0. The van der Waals surface area contributed by atoms with E-state index in [2.05, 4.69) is 39.5 Å². The molecule has 0 aliphatic carbocycles. The highest BCUT2D eigenvalue weighted by atomic mass is 16.6. The maximum Gasteiger partial charge on any atom is 0.437 e. The van der Waals surface area contributed by atoms with Gasteiger partial charge in [-0.05, 0) is 72.8 Å². The van der Waals surface area contributed by atoms with Crippen LogP contribution in [0.3, 0.4) is 0 Å². The van der Waals surface area contributed by atoms with E-state index in [9.17, 15) is 9.59 Å². The number of aromatic nitrogens is 2. The molecule has 0 bridgehead atoms. The van der Waals surface area contributed by atoms with Crippen molar-refractivity contribution in [1.82, 2.24) is 20.4 Å². The van der Waals surface area contributed by atoms with Crippen LogP contribution in [0.4, 0.5) is 9.59 Å². The van der Waals surface area contributed by atoms with Gasteiger partial charge in [-0.3, -0.25) is 5.32 Å². The van der Waals surface area contributed by atoms with Crippen LogP contribution in [0.25, 0.3) is 11.4 Å². The second-order valence-electron chi connectivity index (χ2n) is 12.6. The summed E-state index contributed by atoms with van der Waals surface area (Å²) in [6.07, 6.45) is 8.63. The second-order valence-corrected chi connectivity index (χ2v) is 12.6. The van der Waals surface area contributed by atoms with Gasteiger partial charge in [0.05, 0.1) is 0 Å². The molecular weight excluding hydrogens is 522 g/mol. The summed E-state index contributed by atoms with van der Waals surface area (Å²) in [6, 6.07) is 7.91. The van der Waals surface area contributed by atoms with E-state index in [0.29, 0.717) is 24.7 Å². The van der Waals surface area contributed by atoms with Gasteiger partial charge in [-0.2, -0.15) is 4.98 Å². The van der Waals surface area contributed by atoms with Crippen LogP contribution in [0.1, 0.15) is 117 Å². The van der Waals surface area contributed by atoms with Crippen molar-refractivity contribution < 1.29 is 23.6 Å². The van der Waals surface area contributed by atoms with Crippen LogP contribution in [-0.2, 0) is 15.9 Å². The highest BCUT2D eigenvalue weighted by Crippen LogP contribution is 2.32. The monoisotopic (exact) mass is 569 g/mol. The first kappa shape index (κ1) is 32.1. The molecule has 10 heteroatoms. The van der Waals surface area contributed by atoms with E-state index in [1.54, 1.807) is 46.4 Å². The largest absolute Gasteiger partial charge is 0.444 e. The molecule has 0 radical (unpaired) electrons. The van der Waals surface area contributed by atoms with Gasteiger partial charge in [0, 0.05) is 12.1 Å². The topological polar surface area (TPSA) is 119 Å². The summed E-state index contributed by atoms with van der Waals surface area (Å²) in [6.45, 7) is 13.3. The summed E-state index contributed by atoms with van der Waals surface area (Å²) < 4.78 is 16.5. The standard InChI is InChI=1S/C31H47N5O5/c1-8-9-10-11-12-13-15-22-17-19-23(20-18-22)25-32-26(41-35-25)24-16-14-21-36(24)27(33-28(37)39-30(2,3)4)34-29(38)40-31(5,6)7/h17-20,24H,8-16,21H2,1-7H3,(H,33,34,37,38)/t24-/m1/s1. The fraction of sp³-hybridized carbons (Fsp3) is 0.645. The highest BCUT2D eigenvalue weighted by molar-refractivity contribution is 5.99. The number of nitrogens with zero attached hydrogens (tertiary/aromatic N) is 4. The summed E-state index contributed by atoms with van der Waals surface area (Å²) >= 11 is 0. The van der Waals surface area contributed by atoms with E-state index in [0.717, 1.165) is 18.4 Å². The number of hydrogen-bond acceptors (Lipinski definition) is 7. The Balaban J connectivity index is 1.72. The minimum Gasteiger partial charge on any atom is -0.444 e. The summed E-state index contributed by atoms with van der Waals surface area (Å²) in [5.74, 6) is 0.898. The maximum absolute atomic E-state index is 12.6. The van der Waals surface area contributed by atoms with Crippen molar-refractivity contribution in [3.05, 3.63) is 35.7 Å². The number of nitrogens with one attached hydrogen (secondary N) is 1.